The first-order chi connectivity index (χ1) is 21.2. The summed E-state index contributed by atoms with van der Waals surface area (Å²) in [6, 6.07) is 6.43. The maximum atomic E-state index is 14.2. The third-order valence-corrected chi connectivity index (χ3v) is 13.6. The van der Waals surface area contributed by atoms with Gasteiger partial charge in [-0.3, -0.25) is 4.90 Å². The van der Waals surface area contributed by atoms with E-state index in [1.165, 1.54) is 7.11 Å². The highest BCUT2D eigenvalue weighted by atomic mass is 16.7. The number of nitrogens with zero attached hydrogens (tertiary/aromatic N) is 1. The van der Waals surface area contributed by atoms with Crippen molar-refractivity contribution in [3.8, 4) is 0 Å². The monoisotopic (exact) mass is 611 g/mol. The molecule has 2 aliphatic heterocycles. The fraction of sp³-hybridized carbons (Fsp3) is 0.765. The summed E-state index contributed by atoms with van der Waals surface area (Å²) in [5.74, 6) is -0.338. The molecule has 240 valence electrons. The van der Waals surface area contributed by atoms with Crippen LogP contribution in [0.15, 0.2) is 24.3 Å². The summed E-state index contributed by atoms with van der Waals surface area (Å²) in [6.07, 6.45) is 2.84. The minimum Gasteiger partial charge on any atom is -0.465 e. The largest absolute Gasteiger partial charge is 0.465 e. The third kappa shape index (κ3) is 3.13. The molecule has 0 amide bonds. The lowest BCUT2D eigenvalue weighted by molar-refractivity contribution is -0.282. The van der Waals surface area contributed by atoms with E-state index in [1.807, 2.05) is 14.2 Å². The van der Waals surface area contributed by atoms with E-state index in [2.05, 4.69) is 18.7 Å². The molecule has 2 heterocycles. The van der Waals surface area contributed by atoms with Gasteiger partial charge in [-0.05, 0) is 61.4 Å². The summed E-state index contributed by atoms with van der Waals surface area (Å²) in [4.78, 5) is 28.9. The normalized spacial score (nSPS) is 49.5. The zero-order valence-corrected chi connectivity index (χ0v) is 26.6. The second kappa shape index (κ2) is 9.72. The van der Waals surface area contributed by atoms with Crippen LogP contribution in [0.25, 0.3) is 0 Å². The fourth-order valence-electron chi connectivity index (χ4n) is 12.6. The zero-order valence-electron chi connectivity index (χ0n) is 26.6. The lowest BCUT2D eigenvalue weighted by Gasteiger charge is -2.69. The van der Waals surface area contributed by atoms with Crippen molar-refractivity contribution in [3.05, 3.63) is 35.4 Å². The van der Waals surface area contributed by atoms with Gasteiger partial charge < -0.3 is 33.2 Å². The molecule has 5 aliphatic carbocycles. The van der Waals surface area contributed by atoms with E-state index in [-0.39, 0.29) is 65.6 Å². The number of likely N-dealkylation sites (tertiary alicyclic amines) is 1. The van der Waals surface area contributed by atoms with Crippen LogP contribution in [0.5, 0.6) is 0 Å². The van der Waals surface area contributed by atoms with E-state index in [1.54, 1.807) is 31.4 Å². The van der Waals surface area contributed by atoms with Gasteiger partial charge in [0.25, 0.3) is 0 Å². The average Bonchev–Trinajstić information content (AvgIpc) is 3.63. The van der Waals surface area contributed by atoms with Crippen LogP contribution < -0.4 is 0 Å². The summed E-state index contributed by atoms with van der Waals surface area (Å²) in [7, 11) is 6.80. The predicted molar refractivity (Wildman–Crippen MR) is 156 cm³/mol. The van der Waals surface area contributed by atoms with Gasteiger partial charge in [-0.25, -0.2) is 9.59 Å². The first-order valence-corrected chi connectivity index (χ1v) is 16.2. The molecule has 10 heteroatoms. The number of piperidine rings is 1. The third-order valence-electron chi connectivity index (χ3n) is 13.6. The summed E-state index contributed by atoms with van der Waals surface area (Å²) in [5, 5.41) is 0. The molecule has 0 aromatic heterocycles. The van der Waals surface area contributed by atoms with Crippen LogP contribution in [0, 0.1) is 34.5 Å². The van der Waals surface area contributed by atoms with Crippen molar-refractivity contribution >= 4 is 11.9 Å². The number of likely N-dealkylation sites (N-methyl/N-ethyl adjacent to an activating group) is 1. The van der Waals surface area contributed by atoms with Crippen LogP contribution >= 0.6 is 0 Å². The summed E-state index contributed by atoms with van der Waals surface area (Å²) in [6.45, 7) is 6.51. The van der Waals surface area contributed by atoms with Crippen molar-refractivity contribution < 1.29 is 42.7 Å². The Balaban J connectivity index is 1.34. The van der Waals surface area contributed by atoms with E-state index in [4.69, 9.17) is 33.2 Å². The molecule has 2 saturated heterocycles. The smallest absolute Gasteiger partial charge is 0.338 e. The molecule has 0 N–H and O–H groups in total. The molecule has 7 fully saturated rings. The van der Waals surface area contributed by atoms with Crippen molar-refractivity contribution in [2.45, 2.75) is 81.2 Å². The Bertz CT molecular complexity index is 1350. The summed E-state index contributed by atoms with van der Waals surface area (Å²) < 4.78 is 44.9. The van der Waals surface area contributed by atoms with Crippen molar-refractivity contribution in [2.24, 2.45) is 34.5 Å². The number of ether oxygens (including phenoxy) is 7. The van der Waals surface area contributed by atoms with Crippen LogP contribution in [0.3, 0.4) is 0 Å². The van der Waals surface area contributed by atoms with E-state index < -0.39 is 29.2 Å². The quantitative estimate of drug-likeness (QED) is 0.427. The Labute approximate surface area is 258 Å². The first-order valence-electron chi connectivity index (χ1n) is 16.2. The van der Waals surface area contributed by atoms with E-state index in [0.717, 1.165) is 32.4 Å². The van der Waals surface area contributed by atoms with Crippen LogP contribution in [0.2, 0.25) is 0 Å². The molecule has 8 rings (SSSR count). The van der Waals surface area contributed by atoms with E-state index in [9.17, 15) is 9.59 Å². The lowest BCUT2D eigenvalue weighted by atomic mass is 9.43. The standard InChI is InChI=1S/C34H45NO9/c1-7-35-16-31(2)13-12-23(39-4)33-21-14-20-22(38-3)15-32(24(21)25(20)40-5)34(30(33)35,43-17-42-32)27(26(31)33)44-29(37)19-10-8-18(9-11-19)28(36)41-6/h8-11,20-27,30H,7,12-17H2,1-6H3/t20-,21-,22+,23+,24-,25+,26-,27+,30-,31+,32-,33+,34+/m1/s1. The van der Waals surface area contributed by atoms with Crippen LogP contribution in [0.4, 0.5) is 0 Å². The van der Waals surface area contributed by atoms with Crippen molar-refractivity contribution in [2.75, 3.05) is 48.3 Å². The van der Waals surface area contributed by atoms with Crippen LogP contribution in [0.1, 0.15) is 60.2 Å². The molecular formula is C34H45NO9. The number of benzene rings is 1. The molecule has 3 spiro atoms. The highest BCUT2D eigenvalue weighted by molar-refractivity contribution is 5.93. The van der Waals surface area contributed by atoms with Gasteiger partial charge >= 0.3 is 11.9 Å². The second-order valence-corrected chi connectivity index (χ2v) is 14.6. The van der Waals surface area contributed by atoms with Gasteiger partial charge in [0.15, 0.2) is 5.60 Å². The minimum atomic E-state index is -0.932. The number of methoxy groups -OCH3 is 4. The molecule has 1 aromatic carbocycles. The van der Waals surface area contributed by atoms with Gasteiger partial charge in [0.2, 0.25) is 0 Å². The average molecular weight is 612 g/mol. The van der Waals surface area contributed by atoms with Gasteiger partial charge in [0.1, 0.15) is 18.5 Å². The zero-order chi connectivity index (χ0) is 30.8. The van der Waals surface area contributed by atoms with Gasteiger partial charge in [-0.2, -0.15) is 0 Å². The van der Waals surface area contributed by atoms with Crippen LogP contribution in [-0.4, -0.2) is 107 Å². The number of hydrogen-bond acceptors (Lipinski definition) is 10. The summed E-state index contributed by atoms with van der Waals surface area (Å²) >= 11 is 0. The minimum absolute atomic E-state index is 0.00576. The van der Waals surface area contributed by atoms with Crippen molar-refractivity contribution in [1.82, 2.24) is 4.90 Å². The molecule has 7 bridgehead atoms. The number of hydrogen-bond donors (Lipinski definition) is 0. The SMILES string of the molecule is CCN1C[C@]2(C)CC[C@H](OC)[C@]34[C@@H]5C[C@H]6[C@H](OC)[C@@H]5[C@@]5(C[C@@H]6OC)OCO[C@]5([C@H]13)[C@@H](OC(=O)c1ccc(C(=O)OC)cc1)[C@H]24. The Hall–Kier alpha value is -2.08. The van der Waals surface area contributed by atoms with Gasteiger partial charge in [0, 0.05) is 57.5 Å². The number of carbonyl (C=O) groups is 2. The Morgan fingerprint density at radius 1 is 1.00 bits per heavy atom. The number of carbonyl (C=O) groups excluding carboxylic acids is 2. The topological polar surface area (TPSA) is 102 Å². The van der Waals surface area contributed by atoms with E-state index in [0.29, 0.717) is 17.5 Å². The summed E-state index contributed by atoms with van der Waals surface area (Å²) in [5.41, 5.74) is -1.38. The molecule has 13 atom stereocenters. The van der Waals surface area contributed by atoms with Crippen molar-refractivity contribution in [3.63, 3.8) is 0 Å². The molecule has 0 radical (unpaired) electrons. The number of fused-ring (bicyclic) bond motifs is 1. The molecule has 1 aromatic rings. The Kier molecular flexibility index (Phi) is 6.48. The molecule has 7 aliphatic rings. The second-order valence-electron chi connectivity index (χ2n) is 14.6. The van der Waals surface area contributed by atoms with Crippen LogP contribution in [-0.2, 0) is 33.2 Å². The molecule has 0 unspecified atom stereocenters. The molecule has 10 nitrogen and oxygen atoms in total. The van der Waals surface area contributed by atoms with Crippen molar-refractivity contribution in [1.29, 1.82) is 0 Å². The van der Waals surface area contributed by atoms with Gasteiger partial charge in [0.05, 0.1) is 42.6 Å². The maximum absolute atomic E-state index is 14.2. The number of rotatable bonds is 7. The molecule has 44 heavy (non-hydrogen) atoms. The predicted octanol–water partition coefficient (Wildman–Crippen LogP) is 3.32. The Morgan fingerprint density at radius 3 is 2.36 bits per heavy atom. The number of esters is 2. The first kappa shape index (κ1) is 29.3. The van der Waals surface area contributed by atoms with E-state index >= 15 is 0 Å². The maximum Gasteiger partial charge on any atom is 0.338 e. The highest BCUT2D eigenvalue weighted by Crippen LogP contribution is 2.82. The highest BCUT2D eigenvalue weighted by Gasteiger charge is 2.94. The molecule has 5 saturated carbocycles. The van der Waals surface area contributed by atoms with Gasteiger partial charge in [-0.15, -0.1) is 0 Å². The Morgan fingerprint density at radius 2 is 1.73 bits per heavy atom. The van der Waals surface area contributed by atoms with Gasteiger partial charge in [-0.1, -0.05) is 13.8 Å². The fourth-order valence-corrected chi connectivity index (χ4v) is 12.6. The molecular weight excluding hydrogens is 566 g/mol. The lowest BCUT2D eigenvalue weighted by Crippen LogP contribution is -2.81.